The van der Waals surface area contributed by atoms with E-state index in [2.05, 4.69) is 11.7 Å². The quantitative estimate of drug-likeness (QED) is 0.385. The topological polar surface area (TPSA) is 9.23 Å². The molecule has 0 aliphatic heterocycles. The molecule has 0 spiro atoms. The zero-order valence-corrected chi connectivity index (χ0v) is 18.6. The molecule has 0 aromatic heterocycles. The Hall–Kier alpha value is -2.04. The highest BCUT2D eigenvalue weighted by atomic mass is 19.3. The van der Waals surface area contributed by atoms with Gasteiger partial charge in [-0.1, -0.05) is 50.8 Å². The maximum Gasteiger partial charge on any atom is 0.387 e. The molecular formula is C27H32F4O. The van der Waals surface area contributed by atoms with Gasteiger partial charge >= 0.3 is 6.61 Å². The Labute approximate surface area is 188 Å². The minimum absolute atomic E-state index is 0.265. The van der Waals surface area contributed by atoms with Crippen molar-refractivity contribution in [3.63, 3.8) is 0 Å². The Morgan fingerprint density at radius 1 is 0.906 bits per heavy atom. The van der Waals surface area contributed by atoms with Gasteiger partial charge < -0.3 is 4.74 Å². The SMILES string of the molecule is CCCCC1CCC2CC(c3ccc(-c4ccc(OC(F)F)c(F)c4)c(F)c3)CCC2C1. The zero-order chi connectivity index (χ0) is 22.7. The van der Waals surface area contributed by atoms with Crippen molar-refractivity contribution in [2.24, 2.45) is 17.8 Å². The molecule has 2 fully saturated rings. The maximum atomic E-state index is 15.0. The van der Waals surface area contributed by atoms with Crippen molar-refractivity contribution < 1.29 is 22.3 Å². The van der Waals surface area contributed by atoms with Crippen molar-refractivity contribution >= 4 is 0 Å². The number of halogens is 4. The van der Waals surface area contributed by atoms with E-state index in [9.17, 15) is 17.6 Å². The molecule has 4 rings (SSSR count). The van der Waals surface area contributed by atoms with Gasteiger partial charge in [-0.15, -0.1) is 0 Å². The molecule has 2 aromatic carbocycles. The predicted molar refractivity (Wildman–Crippen MR) is 119 cm³/mol. The fourth-order valence-corrected chi connectivity index (χ4v) is 5.92. The van der Waals surface area contributed by atoms with Gasteiger partial charge in [-0.05, 0) is 85.1 Å². The van der Waals surface area contributed by atoms with Crippen LogP contribution in [0.15, 0.2) is 36.4 Å². The standard InChI is InChI=1S/C27H32F4O/c1-2-3-4-17-5-6-19-14-20(8-7-18(19)13-17)21-9-11-23(24(28)15-21)22-10-12-26(25(29)16-22)32-27(30)31/h9-12,15-20,27H,2-8,13-14H2,1H3. The molecule has 32 heavy (non-hydrogen) atoms. The number of fused-ring (bicyclic) bond motifs is 1. The smallest absolute Gasteiger partial charge is 0.387 e. The summed E-state index contributed by atoms with van der Waals surface area (Å²) >= 11 is 0. The second-order valence-corrected chi connectivity index (χ2v) is 9.61. The van der Waals surface area contributed by atoms with Gasteiger partial charge in [0.25, 0.3) is 0 Å². The molecule has 5 heteroatoms. The van der Waals surface area contributed by atoms with E-state index in [1.54, 1.807) is 12.1 Å². The first-order valence-corrected chi connectivity index (χ1v) is 12.0. The van der Waals surface area contributed by atoms with Crippen LogP contribution in [0, 0.1) is 29.4 Å². The number of rotatable bonds is 7. The highest BCUT2D eigenvalue weighted by Crippen LogP contribution is 2.48. The summed E-state index contributed by atoms with van der Waals surface area (Å²) < 4.78 is 57.8. The van der Waals surface area contributed by atoms with E-state index in [-0.39, 0.29) is 5.56 Å². The monoisotopic (exact) mass is 448 g/mol. The third-order valence-corrected chi connectivity index (χ3v) is 7.61. The molecule has 2 aliphatic carbocycles. The number of benzene rings is 2. The first-order valence-electron chi connectivity index (χ1n) is 12.0. The Morgan fingerprint density at radius 2 is 1.69 bits per heavy atom. The molecule has 4 unspecified atom stereocenters. The Bertz CT molecular complexity index is 913. The third kappa shape index (κ3) is 5.29. The predicted octanol–water partition coefficient (Wildman–Crippen LogP) is 8.72. The highest BCUT2D eigenvalue weighted by Gasteiger charge is 2.35. The van der Waals surface area contributed by atoms with Crippen molar-refractivity contribution in [1.29, 1.82) is 0 Å². The molecule has 2 aliphatic rings. The van der Waals surface area contributed by atoms with E-state index >= 15 is 0 Å². The summed E-state index contributed by atoms with van der Waals surface area (Å²) in [6, 6.07) is 8.76. The fourth-order valence-electron chi connectivity index (χ4n) is 5.92. The van der Waals surface area contributed by atoms with Crippen LogP contribution in [0.5, 0.6) is 5.75 Å². The average Bonchev–Trinajstić information content (AvgIpc) is 2.78. The van der Waals surface area contributed by atoms with Crippen LogP contribution in [-0.2, 0) is 0 Å². The van der Waals surface area contributed by atoms with Crippen molar-refractivity contribution in [3.05, 3.63) is 53.6 Å². The van der Waals surface area contributed by atoms with Gasteiger partial charge in [-0.3, -0.25) is 0 Å². The van der Waals surface area contributed by atoms with Crippen LogP contribution < -0.4 is 4.74 Å². The molecule has 0 heterocycles. The van der Waals surface area contributed by atoms with Gasteiger partial charge in [0.2, 0.25) is 0 Å². The lowest BCUT2D eigenvalue weighted by atomic mass is 9.63. The molecule has 4 atom stereocenters. The summed E-state index contributed by atoms with van der Waals surface area (Å²) in [5.41, 5.74) is 1.58. The third-order valence-electron chi connectivity index (χ3n) is 7.61. The van der Waals surface area contributed by atoms with E-state index in [1.807, 2.05) is 6.07 Å². The van der Waals surface area contributed by atoms with Crippen molar-refractivity contribution in [3.8, 4) is 16.9 Å². The van der Waals surface area contributed by atoms with E-state index < -0.39 is 24.0 Å². The summed E-state index contributed by atoms with van der Waals surface area (Å²) in [6.07, 6.45) is 11.4. The molecule has 0 saturated heterocycles. The lowest BCUT2D eigenvalue weighted by Crippen LogP contribution is -2.30. The molecule has 0 radical (unpaired) electrons. The van der Waals surface area contributed by atoms with E-state index in [1.165, 1.54) is 51.0 Å². The lowest BCUT2D eigenvalue weighted by molar-refractivity contribution is -0.0521. The van der Waals surface area contributed by atoms with Crippen LogP contribution in [0.1, 0.15) is 76.2 Å². The first kappa shape index (κ1) is 23.1. The number of hydrogen-bond acceptors (Lipinski definition) is 1. The van der Waals surface area contributed by atoms with Crippen LogP contribution in [0.25, 0.3) is 11.1 Å². The summed E-state index contributed by atoms with van der Waals surface area (Å²) in [6.45, 7) is -0.845. The highest BCUT2D eigenvalue weighted by molar-refractivity contribution is 5.65. The van der Waals surface area contributed by atoms with E-state index in [4.69, 9.17) is 0 Å². The summed E-state index contributed by atoms with van der Waals surface area (Å²) in [4.78, 5) is 0. The fraction of sp³-hybridized carbons (Fsp3) is 0.556. The van der Waals surface area contributed by atoms with Crippen molar-refractivity contribution in [2.45, 2.75) is 77.2 Å². The Balaban J connectivity index is 1.43. The minimum atomic E-state index is -3.10. The first-order chi connectivity index (χ1) is 15.4. The number of unbranched alkanes of at least 4 members (excludes halogenated alkanes) is 1. The Morgan fingerprint density at radius 3 is 2.41 bits per heavy atom. The van der Waals surface area contributed by atoms with E-state index in [0.717, 1.165) is 48.3 Å². The molecule has 174 valence electrons. The number of hydrogen-bond donors (Lipinski definition) is 0. The average molecular weight is 449 g/mol. The molecule has 0 amide bonds. The van der Waals surface area contributed by atoms with Crippen LogP contribution >= 0.6 is 0 Å². The molecule has 0 N–H and O–H groups in total. The molecule has 2 saturated carbocycles. The van der Waals surface area contributed by atoms with Gasteiger partial charge in [0.15, 0.2) is 11.6 Å². The van der Waals surface area contributed by atoms with Gasteiger partial charge in [0, 0.05) is 5.56 Å². The van der Waals surface area contributed by atoms with Crippen LogP contribution in [-0.4, -0.2) is 6.61 Å². The molecule has 0 bridgehead atoms. The maximum absolute atomic E-state index is 15.0. The van der Waals surface area contributed by atoms with Crippen molar-refractivity contribution in [1.82, 2.24) is 0 Å². The number of alkyl halides is 2. The summed E-state index contributed by atoms with van der Waals surface area (Å²) in [7, 11) is 0. The summed E-state index contributed by atoms with van der Waals surface area (Å²) in [5.74, 6) is 0.942. The van der Waals surface area contributed by atoms with Crippen LogP contribution in [0.4, 0.5) is 17.6 Å². The van der Waals surface area contributed by atoms with Gasteiger partial charge in [0.1, 0.15) is 5.82 Å². The van der Waals surface area contributed by atoms with Gasteiger partial charge in [-0.25, -0.2) is 8.78 Å². The largest absolute Gasteiger partial charge is 0.432 e. The second kappa shape index (κ2) is 10.3. The zero-order valence-electron chi connectivity index (χ0n) is 18.6. The second-order valence-electron chi connectivity index (χ2n) is 9.61. The lowest BCUT2D eigenvalue weighted by Gasteiger charge is -2.42. The molecule has 1 nitrogen and oxygen atoms in total. The number of ether oxygens (including phenoxy) is 1. The van der Waals surface area contributed by atoms with Gasteiger partial charge in [-0.2, -0.15) is 8.78 Å². The Kier molecular flexibility index (Phi) is 7.42. The van der Waals surface area contributed by atoms with Crippen molar-refractivity contribution in [2.75, 3.05) is 0 Å². The van der Waals surface area contributed by atoms with Crippen LogP contribution in [0.3, 0.4) is 0 Å². The molecule has 2 aromatic rings. The van der Waals surface area contributed by atoms with Gasteiger partial charge in [0.05, 0.1) is 0 Å². The van der Waals surface area contributed by atoms with Crippen LogP contribution in [0.2, 0.25) is 0 Å². The summed E-state index contributed by atoms with van der Waals surface area (Å²) in [5, 5.41) is 0. The minimum Gasteiger partial charge on any atom is -0.432 e. The normalized spacial score (nSPS) is 25.6. The van der Waals surface area contributed by atoms with E-state index in [0.29, 0.717) is 11.5 Å². The molecular weight excluding hydrogens is 416 g/mol.